The Morgan fingerprint density at radius 1 is 1.27 bits per heavy atom. The van der Waals surface area contributed by atoms with Crippen molar-refractivity contribution in [1.29, 1.82) is 0 Å². The van der Waals surface area contributed by atoms with Gasteiger partial charge in [-0.15, -0.1) is 0 Å². The van der Waals surface area contributed by atoms with E-state index in [4.69, 9.17) is 0 Å². The Kier molecular flexibility index (Phi) is 5.16. The first-order chi connectivity index (χ1) is 12.7. The summed E-state index contributed by atoms with van der Waals surface area (Å²) in [5, 5.41) is 3.78. The number of anilines is 1. The summed E-state index contributed by atoms with van der Waals surface area (Å²) in [6.45, 7) is 5.91. The SMILES string of the molecule is CCN(C(=O)c1ccnc(N2CCCC2)c1)C1CNC2(CCCCC2)C1. The van der Waals surface area contributed by atoms with Gasteiger partial charge in [0.25, 0.3) is 5.91 Å². The molecule has 3 heterocycles. The molecular weight excluding hydrogens is 324 g/mol. The van der Waals surface area contributed by atoms with Crippen molar-refractivity contribution < 1.29 is 4.79 Å². The molecule has 1 amide bonds. The number of carbonyl (C=O) groups is 1. The van der Waals surface area contributed by atoms with Gasteiger partial charge in [0.15, 0.2) is 0 Å². The van der Waals surface area contributed by atoms with Crippen LogP contribution in [-0.2, 0) is 0 Å². The van der Waals surface area contributed by atoms with Gasteiger partial charge in [0.2, 0.25) is 0 Å². The molecule has 1 N–H and O–H groups in total. The molecule has 1 saturated carbocycles. The molecule has 2 saturated heterocycles. The summed E-state index contributed by atoms with van der Waals surface area (Å²) in [4.78, 5) is 22.1. The fourth-order valence-corrected chi connectivity index (χ4v) is 5.16. The molecule has 3 fully saturated rings. The number of hydrogen-bond acceptors (Lipinski definition) is 4. The van der Waals surface area contributed by atoms with E-state index in [9.17, 15) is 4.79 Å². The highest BCUT2D eigenvalue weighted by atomic mass is 16.2. The molecule has 1 spiro atoms. The van der Waals surface area contributed by atoms with E-state index < -0.39 is 0 Å². The Balaban J connectivity index is 1.48. The van der Waals surface area contributed by atoms with Gasteiger partial charge in [-0.25, -0.2) is 4.98 Å². The van der Waals surface area contributed by atoms with Crippen LogP contribution < -0.4 is 10.2 Å². The van der Waals surface area contributed by atoms with Crippen molar-refractivity contribution >= 4 is 11.7 Å². The number of aromatic nitrogens is 1. The van der Waals surface area contributed by atoms with E-state index in [2.05, 4.69) is 27.0 Å². The fourth-order valence-electron chi connectivity index (χ4n) is 5.16. The minimum Gasteiger partial charge on any atom is -0.357 e. The lowest BCUT2D eigenvalue weighted by Crippen LogP contribution is -2.42. The topological polar surface area (TPSA) is 48.5 Å². The van der Waals surface area contributed by atoms with Gasteiger partial charge < -0.3 is 15.1 Å². The predicted molar refractivity (Wildman–Crippen MR) is 105 cm³/mol. The smallest absolute Gasteiger partial charge is 0.254 e. The zero-order valence-electron chi connectivity index (χ0n) is 16.0. The Hall–Kier alpha value is -1.62. The standard InChI is InChI=1S/C21H32N4O/c1-2-25(18-15-21(23-16-18)9-4-3-5-10-21)20(26)17-8-11-22-19(14-17)24-12-6-7-13-24/h8,11,14,18,23H,2-7,9-10,12-13,15-16H2,1H3. The van der Waals surface area contributed by atoms with Gasteiger partial charge in [0.1, 0.15) is 5.82 Å². The third-order valence-electron chi connectivity index (χ3n) is 6.61. The second-order valence-electron chi connectivity index (χ2n) is 8.27. The van der Waals surface area contributed by atoms with E-state index in [0.717, 1.165) is 44.0 Å². The summed E-state index contributed by atoms with van der Waals surface area (Å²) in [5.41, 5.74) is 1.07. The van der Waals surface area contributed by atoms with Gasteiger partial charge in [-0.2, -0.15) is 0 Å². The zero-order chi connectivity index (χ0) is 18.0. The number of hydrogen-bond donors (Lipinski definition) is 1. The molecule has 0 radical (unpaired) electrons. The highest BCUT2D eigenvalue weighted by Gasteiger charge is 2.42. The Morgan fingerprint density at radius 3 is 2.77 bits per heavy atom. The summed E-state index contributed by atoms with van der Waals surface area (Å²) >= 11 is 0. The summed E-state index contributed by atoms with van der Waals surface area (Å²) < 4.78 is 0. The van der Waals surface area contributed by atoms with Gasteiger partial charge in [-0.3, -0.25) is 4.79 Å². The van der Waals surface area contributed by atoms with E-state index in [1.807, 2.05) is 12.1 Å². The van der Waals surface area contributed by atoms with Gasteiger partial charge in [0, 0.05) is 49.5 Å². The minimum atomic E-state index is 0.162. The normalized spacial score (nSPS) is 25.0. The number of nitrogens with zero attached hydrogens (tertiary/aromatic N) is 3. The maximum Gasteiger partial charge on any atom is 0.254 e. The molecule has 142 valence electrons. The van der Waals surface area contributed by atoms with Crippen molar-refractivity contribution in [3.63, 3.8) is 0 Å². The Morgan fingerprint density at radius 2 is 2.04 bits per heavy atom. The lowest BCUT2D eigenvalue weighted by atomic mass is 9.80. The van der Waals surface area contributed by atoms with Crippen LogP contribution in [0.5, 0.6) is 0 Å². The van der Waals surface area contributed by atoms with Crippen LogP contribution in [-0.4, -0.2) is 53.6 Å². The lowest BCUT2D eigenvalue weighted by Gasteiger charge is -2.35. The van der Waals surface area contributed by atoms with Crippen molar-refractivity contribution in [3.8, 4) is 0 Å². The maximum absolute atomic E-state index is 13.3. The van der Waals surface area contributed by atoms with Gasteiger partial charge in [-0.05, 0) is 51.2 Å². The number of likely N-dealkylation sites (N-methyl/N-ethyl adjacent to an activating group) is 1. The van der Waals surface area contributed by atoms with Crippen molar-refractivity contribution in [1.82, 2.24) is 15.2 Å². The van der Waals surface area contributed by atoms with Crippen LogP contribution in [0.15, 0.2) is 18.3 Å². The van der Waals surface area contributed by atoms with Crippen molar-refractivity contribution in [3.05, 3.63) is 23.9 Å². The molecule has 5 nitrogen and oxygen atoms in total. The Labute approximate surface area is 157 Å². The van der Waals surface area contributed by atoms with Crippen molar-refractivity contribution in [2.75, 3.05) is 31.1 Å². The average molecular weight is 357 g/mol. The first-order valence-corrected chi connectivity index (χ1v) is 10.5. The van der Waals surface area contributed by atoms with Crippen LogP contribution in [0.1, 0.15) is 68.6 Å². The third kappa shape index (κ3) is 3.46. The van der Waals surface area contributed by atoms with Crippen LogP contribution >= 0.6 is 0 Å². The number of nitrogens with one attached hydrogen (secondary N) is 1. The first kappa shape index (κ1) is 17.8. The summed E-state index contributed by atoms with van der Waals surface area (Å²) in [5.74, 6) is 1.12. The van der Waals surface area contributed by atoms with Crippen LogP contribution in [0.4, 0.5) is 5.82 Å². The molecular formula is C21H32N4O. The molecule has 2 aliphatic heterocycles. The first-order valence-electron chi connectivity index (χ1n) is 10.5. The third-order valence-corrected chi connectivity index (χ3v) is 6.61. The molecule has 1 unspecified atom stereocenters. The van der Waals surface area contributed by atoms with Gasteiger partial charge in [-0.1, -0.05) is 19.3 Å². The molecule has 1 aromatic rings. The molecule has 3 aliphatic rings. The summed E-state index contributed by atoms with van der Waals surface area (Å²) in [6, 6.07) is 4.19. The Bertz CT molecular complexity index is 635. The molecule has 26 heavy (non-hydrogen) atoms. The predicted octanol–water partition coefficient (Wildman–Crippen LogP) is 3.21. The highest BCUT2D eigenvalue weighted by Crippen LogP contribution is 2.36. The quantitative estimate of drug-likeness (QED) is 0.900. The molecule has 1 atom stereocenters. The van der Waals surface area contributed by atoms with E-state index >= 15 is 0 Å². The number of rotatable bonds is 4. The second-order valence-corrected chi connectivity index (χ2v) is 8.27. The van der Waals surface area contributed by atoms with E-state index in [1.165, 1.54) is 44.9 Å². The van der Waals surface area contributed by atoms with Gasteiger partial charge >= 0.3 is 0 Å². The van der Waals surface area contributed by atoms with Crippen molar-refractivity contribution in [2.45, 2.75) is 69.9 Å². The molecule has 1 aromatic heterocycles. The fraction of sp³-hybridized carbons (Fsp3) is 0.714. The zero-order valence-corrected chi connectivity index (χ0v) is 16.0. The molecule has 0 aromatic carbocycles. The number of amides is 1. The van der Waals surface area contributed by atoms with Crippen LogP contribution in [0.3, 0.4) is 0 Å². The monoisotopic (exact) mass is 356 g/mol. The summed E-state index contributed by atoms with van der Waals surface area (Å²) in [6.07, 6.45) is 11.9. The minimum absolute atomic E-state index is 0.162. The molecule has 1 aliphatic carbocycles. The van der Waals surface area contributed by atoms with Gasteiger partial charge in [0.05, 0.1) is 0 Å². The number of pyridine rings is 1. The molecule has 0 bridgehead atoms. The number of carbonyl (C=O) groups excluding carboxylic acids is 1. The maximum atomic E-state index is 13.3. The van der Waals surface area contributed by atoms with Crippen LogP contribution in [0.25, 0.3) is 0 Å². The lowest BCUT2D eigenvalue weighted by molar-refractivity contribution is 0.0694. The largest absolute Gasteiger partial charge is 0.357 e. The van der Waals surface area contributed by atoms with Crippen molar-refractivity contribution in [2.24, 2.45) is 0 Å². The van der Waals surface area contributed by atoms with E-state index in [-0.39, 0.29) is 11.4 Å². The molecule has 5 heteroatoms. The van der Waals surface area contributed by atoms with E-state index in [0.29, 0.717) is 6.04 Å². The van der Waals surface area contributed by atoms with Crippen LogP contribution in [0, 0.1) is 0 Å². The van der Waals surface area contributed by atoms with Crippen LogP contribution in [0.2, 0.25) is 0 Å². The summed E-state index contributed by atoms with van der Waals surface area (Å²) in [7, 11) is 0. The average Bonchev–Trinajstić information content (AvgIpc) is 3.34. The second kappa shape index (κ2) is 7.55. The highest BCUT2D eigenvalue weighted by molar-refractivity contribution is 5.95. The van der Waals surface area contributed by atoms with E-state index in [1.54, 1.807) is 6.20 Å². The molecule has 4 rings (SSSR count).